The summed E-state index contributed by atoms with van der Waals surface area (Å²) in [6, 6.07) is 19.6. The van der Waals surface area contributed by atoms with Crippen molar-refractivity contribution in [1.82, 2.24) is 5.32 Å². The molecule has 1 saturated carbocycles. The molecule has 0 spiro atoms. The molecule has 0 radical (unpaired) electrons. The summed E-state index contributed by atoms with van der Waals surface area (Å²) in [5.41, 5.74) is 0.717. The van der Waals surface area contributed by atoms with Crippen molar-refractivity contribution in [3.8, 4) is 5.75 Å². The third-order valence-electron chi connectivity index (χ3n) is 6.26. The molecule has 1 aliphatic rings. The summed E-state index contributed by atoms with van der Waals surface area (Å²) in [7, 11) is 0. The van der Waals surface area contributed by atoms with Gasteiger partial charge in [-0.05, 0) is 54.3 Å². The van der Waals surface area contributed by atoms with Gasteiger partial charge in [0.2, 0.25) is 0 Å². The van der Waals surface area contributed by atoms with Gasteiger partial charge in [0.15, 0.2) is 0 Å². The normalized spacial score (nSPS) is 14.0. The van der Waals surface area contributed by atoms with Gasteiger partial charge in [0.1, 0.15) is 12.4 Å². The molecule has 0 heterocycles. The number of benzene rings is 3. The monoisotopic (exact) mass is 482 g/mol. The molecule has 1 amide bonds. The van der Waals surface area contributed by atoms with Crippen LogP contribution in [-0.2, 0) is 12.8 Å². The molecule has 1 aliphatic carbocycles. The van der Waals surface area contributed by atoms with E-state index in [1.807, 2.05) is 30.3 Å². The van der Waals surface area contributed by atoms with Crippen LogP contribution in [0, 0.1) is 5.92 Å². The highest BCUT2D eigenvalue weighted by Gasteiger charge is 2.34. The van der Waals surface area contributed by atoms with Gasteiger partial charge in [-0.3, -0.25) is 4.79 Å². The predicted octanol–water partition coefficient (Wildman–Crippen LogP) is 7.34. The quantitative estimate of drug-likeness (QED) is 0.336. The van der Waals surface area contributed by atoms with Crippen molar-refractivity contribution in [3.63, 3.8) is 0 Å². The molecule has 7 heteroatoms. The molecule has 0 unspecified atom stereocenters. The number of anilines is 2. The summed E-state index contributed by atoms with van der Waals surface area (Å²) >= 11 is 0. The van der Waals surface area contributed by atoms with Crippen molar-refractivity contribution < 1.29 is 22.7 Å². The second kappa shape index (κ2) is 11.3. The summed E-state index contributed by atoms with van der Waals surface area (Å²) in [4.78, 5) is 12.5. The third-order valence-corrected chi connectivity index (χ3v) is 6.26. The van der Waals surface area contributed by atoms with E-state index in [4.69, 9.17) is 4.74 Å². The fourth-order valence-electron chi connectivity index (χ4n) is 4.38. The highest BCUT2D eigenvalue weighted by Crippen LogP contribution is 2.38. The van der Waals surface area contributed by atoms with Gasteiger partial charge >= 0.3 is 6.18 Å². The molecule has 0 aliphatic heterocycles. The lowest BCUT2D eigenvalue weighted by Gasteiger charge is -2.17. The minimum atomic E-state index is -4.58. The first-order chi connectivity index (χ1) is 16.9. The Morgan fingerprint density at radius 2 is 1.71 bits per heavy atom. The number of alkyl halides is 3. The first kappa shape index (κ1) is 24.6. The Morgan fingerprint density at radius 3 is 2.46 bits per heavy atom. The molecule has 0 aromatic heterocycles. The Hall–Kier alpha value is -3.48. The van der Waals surface area contributed by atoms with Gasteiger partial charge in [-0.25, -0.2) is 0 Å². The Morgan fingerprint density at radius 1 is 0.943 bits per heavy atom. The largest absolute Gasteiger partial charge is 0.489 e. The van der Waals surface area contributed by atoms with E-state index in [0.29, 0.717) is 23.7 Å². The molecule has 1 fully saturated rings. The molecule has 3 aromatic carbocycles. The van der Waals surface area contributed by atoms with Crippen LogP contribution in [0.15, 0.2) is 72.8 Å². The first-order valence-electron chi connectivity index (χ1n) is 11.9. The van der Waals surface area contributed by atoms with Crippen molar-refractivity contribution in [2.45, 2.75) is 44.9 Å². The summed E-state index contributed by atoms with van der Waals surface area (Å²) in [5.74, 6) is 0.568. The molecular weight excluding hydrogens is 453 g/mol. The molecule has 3 aromatic rings. The molecule has 35 heavy (non-hydrogen) atoms. The van der Waals surface area contributed by atoms with E-state index in [0.717, 1.165) is 18.1 Å². The summed E-state index contributed by atoms with van der Waals surface area (Å²) in [6.07, 6.45) is 1.32. The number of carbonyl (C=O) groups is 1. The van der Waals surface area contributed by atoms with E-state index in [1.54, 1.807) is 24.3 Å². The average molecular weight is 483 g/mol. The highest BCUT2D eigenvalue weighted by molar-refractivity contribution is 5.95. The lowest BCUT2D eigenvalue weighted by molar-refractivity contribution is -0.137. The van der Waals surface area contributed by atoms with Gasteiger partial charge in [-0.2, -0.15) is 13.2 Å². The van der Waals surface area contributed by atoms with E-state index in [2.05, 4.69) is 10.6 Å². The van der Waals surface area contributed by atoms with Crippen LogP contribution >= 0.6 is 0 Å². The lowest BCUT2D eigenvalue weighted by Crippen LogP contribution is -2.25. The molecule has 4 nitrogen and oxygen atoms in total. The van der Waals surface area contributed by atoms with Crippen LogP contribution in [-0.4, -0.2) is 12.5 Å². The molecule has 184 valence electrons. The number of hydrogen-bond donors (Lipinski definition) is 2. The predicted molar refractivity (Wildman–Crippen MR) is 131 cm³/mol. The van der Waals surface area contributed by atoms with Gasteiger partial charge in [0.25, 0.3) is 5.91 Å². The molecule has 4 rings (SSSR count). The van der Waals surface area contributed by atoms with E-state index in [-0.39, 0.29) is 24.0 Å². The standard InChI is InChI=1S/C28H29F3N2O2/c29-28(30,31)25-18-24(35-19-21-9-2-1-3-10-21)13-14-26(25)33-23-12-6-11-22(17-23)27(34)32-16-15-20-7-4-5-8-20/h1-3,6,9-14,17-18,20,33H,4-5,7-8,15-16,19H2,(H,32,34). The zero-order valence-corrected chi connectivity index (χ0v) is 19.4. The molecule has 2 N–H and O–H groups in total. The van der Waals surface area contributed by atoms with Crippen LogP contribution in [0.4, 0.5) is 24.5 Å². The number of rotatable bonds is 9. The molecular formula is C28H29F3N2O2. The topological polar surface area (TPSA) is 50.4 Å². The summed E-state index contributed by atoms with van der Waals surface area (Å²) in [5, 5.41) is 5.74. The van der Waals surface area contributed by atoms with Crippen molar-refractivity contribution in [1.29, 1.82) is 0 Å². The zero-order valence-electron chi connectivity index (χ0n) is 19.4. The van der Waals surface area contributed by atoms with Crippen molar-refractivity contribution >= 4 is 17.3 Å². The number of halogens is 3. The Kier molecular flexibility index (Phi) is 7.95. The maximum absolute atomic E-state index is 13.8. The summed E-state index contributed by atoms with van der Waals surface area (Å²) < 4.78 is 47.0. The Balaban J connectivity index is 1.43. The second-order valence-corrected chi connectivity index (χ2v) is 8.88. The average Bonchev–Trinajstić information content (AvgIpc) is 3.37. The number of ether oxygens (including phenoxy) is 1. The maximum Gasteiger partial charge on any atom is 0.418 e. The Bertz CT molecular complexity index is 1130. The highest BCUT2D eigenvalue weighted by atomic mass is 19.4. The maximum atomic E-state index is 13.8. The van der Waals surface area contributed by atoms with E-state index >= 15 is 0 Å². The van der Waals surface area contributed by atoms with E-state index in [9.17, 15) is 18.0 Å². The number of hydrogen-bond acceptors (Lipinski definition) is 3. The van der Waals surface area contributed by atoms with Gasteiger partial charge in [0.05, 0.1) is 11.3 Å². The van der Waals surface area contributed by atoms with Crippen LogP contribution in [0.1, 0.15) is 53.6 Å². The third kappa shape index (κ3) is 7.01. The van der Waals surface area contributed by atoms with E-state index < -0.39 is 11.7 Å². The minimum absolute atomic E-state index is 0.108. The number of nitrogens with one attached hydrogen (secondary N) is 2. The van der Waals surface area contributed by atoms with Crippen LogP contribution in [0.25, 0.3) is 0 Å². The van der Waals surface area contributed by atoms with Crippen molar-refractivity contribution in [3.05, 3.63) is 89.5 Å². The molecule has 0 bridgehead atoms. The Labute approximate surface area is 203 Å². The zero-order chi connectivity index (χ0) is 24.7. The number of amides is 1. The van der Waals surface area contributed by atoms with Crippen LogP contribution in [0.2, 0.25) is 0 Å². The van der Waals surface area contributed by atoms with Crippen LogP contribution in [0.3, 0.4) is 0 Å². The van der Waals surface area contributed by atoms with Crippen LogP contribution in [0.5, 0.6) is 5.75 Å². The molecule has 0 saturated heterocycles. The molecule has 0 atom stereocenters. The minimum Gasteiger partial charge on any atom is -0.489 e. The summed E-state index contributed by atoms with van der Waals surface area (Å²) in [6.45, 7) is 0.770. The van der Waals surface area contributed by atoms with Crippen LogP contribution < -0.4 is 15.4 Å². The van der Waals surface area contributed by atoms with Gasteiger partial charge in [0, 0.05) is 17.8 Å². The first-order valence-corrected chi connectivity index (χ1v) is 11.9. The fourth-order valence-corrected chi connectivity index (χ4v) is 4.38. The van der Waals surface area contributed by atoms with Gasteiger partial charge < -0.3 is 15.4 Å². The van der Waals surface area contributed by atoms with Crippen molar-refractivity contribution in [2.75, 3.05) is 11.9 Å². The lowest BCUT2D eigenvalue weighted by atomic mass is 10.0. The van der Waals surface area contributed by atoms with Gasteiger partial charge in [-0.1, -0.05) is 62.1 Å². The number of carbonyl (C=O) groups excluding carboxylic acids is 1. The second-order valence-electron chi connectivity index (χ2n) is 8.88. The fraction of sp³-hybridized carbons (Fsp3) is 0.321. The van der Waals surface area contributed by atoms with Gasteiger partial charge in [-0.15, -0.1) is 0 Å². The SMILES string of the molecule is O=C(NCCC1CCCC1)c1cccc(Nc2ccc(OCc3ccccc3)cc2C(F)(F)F)c1. The van der Waals surface area contributed by atoms with E-state index in [1.165, 1.54) is 37.8 Å². The van der Waals surface area contributed by atoms with Crippen molar-refractivity contribution in [2.24, 2.45) is 5.92 Å². The smallest absolute Gasteiger partial charge is 0.418 e.